The molecule has 0 N–H and O–H groups in total. The molecule has 1 amide bonds. The summed E-state index contributed by atoms with van der Waals surface area (Å²) >= 11 is 0. The molecule has 0 aromatic heterocycles. The summed E-state index contributed by atoms with van der Waals surface area (Å²) in [4.78, 5) is 14.6. The number of benzene rings is 2. The molecule has 130 valence electrons. The van der Waals surface area contributed by atoms with Crippen molar-refractivity contribution >= 4 is 12.0 Å². The Balaban J connectivity index is 1.65. The maximum atomic E-state index is 12.7. The molecule has 1 atom stereocenters. The number of amides is 1. The van der Waals surface area contributed by atoms with E-state index in [-0.39, 0.29) is 12.0 Å². The van der Waals surface area contributed by atoms with E-state index < -0.39 is 0 Å². The quantitative estimate of drug-likeness (QED) is 0.839. The van der Waals surface area contributed by atoms with Gasteiger partial charge in [-0.3, -0.25) is 4.79 Å². The molecule has 2 aromatic rings. The van der Waals surface area contributed by atoms with Crippen LogP contribution in [0.1, 0.15) is 21.5 Å². The van der Waals surface area contributed by atoms with Crippen molar-refractivity contribution in [2.45, 2.75) is 12.5 Å². The molecule has 2 aromatic carbocycles. The minimum Gasteiger partial charge on any atom is -0.497 e. The van der Waals surface area contributed by atoms with Gasteiger partial charge in [0.2, 0.25) is 0 Å². The largest absolute Gasteiger partial charge is 0.497 e. The average Bonchev–Trinajstić information content (AvgIpc) is 2.68. The maximum absolute atomic E-state index is 12.7. The highest BCUT2D eigenvalue weighted by Crippen LogP contribution is 2.18. The van der Waals surface area contributed by atoms with Gasteiger partial charge >= 0.3 is 0 Å². The zero-order chi connectivity index (χ0) is 17.6. The second-order valence-corrected chi connectivity index (χ2v) is 6.13. The highest BCUT2D eigenvalue weighted by atomic mass is 16.5. The molecule has 0 bridgehead atoms. The van der Waals surface area contributed by atoms with Crippen molar-refractivity contribution in [2.24, 2.45) is 0 Å². The normalized spacial score (nSPS) is 17.2. The Kier molecular flexibility index (Phi) is 5.51. The molecular formula is C21H23NO3. The summed E-state index contributed by atoms with van der Waals surface area (Å²) in [6, 6.07) is 15.5. The van der Waals surface area contributed by atoms with Gasteiger partial charge in [0.05, 0.1) is 19.8 Å². The number of carbonyl (C=O) groups is 1. The summed E-state index contributed by atoms with van der Waals surface area (Å²) in [5, 5.41) is 0. The Morgan fingerprint density at radius 3 is 2.84 bits per heavy atom. The van der Waals surface area contributed by atoms with Crippen LogP contribution in [0.25, 0.3) is 6.08 Å². The summed E-state index contributed by atoms with van der Waals surface area (Å²) in [6.45, 7) is 5.52. The second-order valence-electron chi connectivity index (χ2n) is 6.13. The Bertz CT molecular complexity index is 739. The number of hydrogen-bond acceptors (Lipinski definition) is 3. The molecule has 3 rings (SSSR count). The van der Waals surface area contributed by atoms with Crippen LogP contribution in [0.4, 0.5) is 0 Å². The monoisotopic (exact) mass is 337 g/mol. The van der Waals surface area contributed by atoms with Gasteiger partial charge < -0.3 is 14.4 Å². The Morgan fingerprint density at radius 2 is 2.12 bits per heavy atom. The van der Waals surface area contributed by atoms with Crippen LogP contribution >= 0.6 is 0 Å². The van der Waals surface area contributed by atoms with Crippen LogP contribution in [0.15, 0.2) is 55.1 Å². The number of hydrogen-bond donors (Lipinski definition) is 0. The third kappa shape index (κ3) is 4.28. The standard InChI is InChI=1S/C21H23NO3/c1-3-16-7-9-18(10-8-16)21(23)22-11-12-25-20(15-22)14-17-5-4-6-19(13-17)24-2/h3-10,13,20H,1,11-12,14-15H2,2H3/t20-/m1/s1. The lowest BCUT2D eigenvalue weighted by molar-refractivity contribution is -0.0208. The van der Waals surface area contributed by atoms with Gasteiger partial charge in [0, 0.05) is 25.1 Å². The predicted octanol–water partition coefficient (Wildman–Crippen LogP) is 3.42. The Morgan fingerprint density at radius 1 is 1.32 bits per heavy atom. The van der Waals surface area contributed by atoms with Gasteiger partial charge in [-0.05, 0) is 35.4 Å². The topological polar surface area (TPSA) is 38.8 Å². The van der Waals surface area contributed by atoms with E-state index >= 15 is 0 Å². The van der Waals surface area contributed by atoms with E-state index in [4.69, 9.17) is 9.47 Å². The summed E-state index contributed by atoms with van der Waals surface area (Å²) < 4.78 is 11.1. The number of rotatable bonds is 5. The van der Waals surface area contributed by atoms with Crippen LogP contribution < -0.4 is 4.74 Å². The number of morpholine rings is 1. The first-order chi connectivity index (χ1) is 12.2. The van der Waals surface area contributed by atoms with Crippen LogP contribution in [-0.2, 0) is 11.2 Å². The lowest BCUT2D eigenvalue weighted by atomic mass is 10.1. The third-order valence-electron chi connectivity index (χ3n) is 4.42. The van der Waals surface area contributed by atoms with E-state index in [1.807, 2.05) is 47.4 Å². The molecule has 0 saturated carbocycles. The first kappa shape index (κ1) is 17.2. The van der Waals surface area contributed by atoms with Gasteiger partial charge in [0.1, 0.15) is 5.75 Å². The first-order valence-electron chi connectivity index (χ1n) is 8.46. The number of methoxy groups -OCH3 is 1. The van der Waals surface area contributed by atoms with Gasteiger partial charge in [0.25, 0.3) is 5.91 Å². The molecule has 1 fully saturated rings. The zero-order valence-corrected chi connectivity index (χ0v) is 14.5. The number of nitrogens with zero attached hydrogens (tertiary/aromatic N) is 1. The van der Waals surface area contributed by atoms with Crippen molar-refractivity contribution < 1.29 is 14.3 Å². The van der Waals surface area contributed by atoms with E-state index in [0.29, 0.717) is 25.3 Å². The maximum Gasteiger partial charge on any atom is 0.254 e. The van der Waals surface area contributed by atoms with Crippen molar-refractivity contribution in [3.05, 3.63) is 71.8 Å². The van der Waals surface area contributed by atoms with E-state index in [2.05, 4.69) is 12.6 Å². The van der Waals surface area contributed by atoms with Crippen LogP contribution in [0.3, 0.4) is 0 Å². The van der Waals surface area contributed by atoms with Gasteiger partial charge in [-0.2, -0.15) is 0 Å². The molecule has 1 aliphatic heterocycles. The van der Waals surface area contributed by atoms with Crippen molar-refractivity contribution in [1.82, 2.24) is 4.90 Å². The summed E-state index contributed by atoms with van der Waals surface area (Å²) in [5.74, 6) is 0.887. The fourth-order valence-electron chi connectivity index (χ4n) is 3.03. The minimum atomic E-state index is -0.00254. The van der Waals surface area contributed by atoms with Gasteiger partial charge in [0.15, 0.2) is 0 Å². The third-order valence-corrected chi connectivity index (χ3v) is 4.42. The van der Waals surface area contributed by atoms with Crippen molar-refractivity contribution in [2.75, 3.05) is 26.8 Å². The van der Waals surface area contributed by atoms with E-state index in [1.54, 1.807) is 13.2 Å². The van der Waals surface area contributed by atoms with Gasteiger partial charge in [-0.1, -0.05) is 36.9 Å². The highest BCUT2D eigenvalue weighted by Gasteiger charge is 2.25. The lowest BCUT2D eigenvalue weighted by Gasteiger charge is -2.33. The molecular weight excluding hydrogens is 314 g/mol. The minimum absolute atomic E-state index is 0.00254. The SMILES string of the molecule is C=Cc1ccc(C(=O)N2CCO[C@H](Cc3cccc(OC)c3)C2)cc1. The van der Waals surface area contributed by atoms with Gasteiger partial charge in [-0.15, -0.1) is 0 Å². The van der Waals surface area contributed by atoms with E-state index in [0.717, 1.165) is 23.3 Å². The zero-order valence-electron chi connectivity index (χ0n) is 14.5. The van der Waals surface area contributed by atoms with Crippen molar-refractivity contribution in [1.29, 1.82) is 0 Å². The van der Waals surface area contributed by atoms with E-state index in [1.165, 1.54) is 0 Å². The van der Waals surface area contributed by atoms with E-state index in [9.17, 15) is 4.79 Å². The predicted molar refractivity (Wildman–Crippen MR) is 98.9 cm³/mol. The lowest BCUT2D eigenvalue weighted by Crippen LogP contribution is -2.46. The fourth-order valence-corrected chi connectivity index (χ4v) is 3.03. The second kappa shape index (κ2) is 7.99. The summed E-state index contributed by atoms with van der Waals surface area (Å²) in [5.41, 5.74) is 2.86. The number of carbonyl (C=O) groups excluding carboxylic acids is 1. The molecule has 4 nitrogen and oxygen atoms in total. The van der Waals surface area contributed by atoms with Gasteiger partial charge in [-0.25, -0.2) is 0 Å². The van der Waals surface area contributed by atoms with Crippen LogP contribution in [-0.4, -0.2) is 43.7 Å². The fraction of sp³-hybridized carbons (Fsp3) is 0.286. The smallest absolute Gasteiger partial charge is 0.254 e. The number of ether oxygens (including phenoxy) is 2. The Hall–Kier alpha value is -2.59. The molecule has 1 saturated heterocycles. The molecule has 0 unspecified atom stereocenters. The molecule has 0 spiro atoms. The summed E-state index contributed by atoms with van der Waals surface area (Å²) in [6.07, 6.45) is 2.53. The molecule has 0 radical (unpaired) electrons. The van der Waals surface area contributed by atoms with Crippen LogP contribution in [0, 0.1) is 0 Å². The first-order valence-corrected chi connectivity index (χ1v) is 8.46. The molecule has 1 aliphatic rings. The summed E-state index contributed by atoms with van der Waals surface area (Å²) in [7, 11) is 1.66. The van der Waals surface area contributed by atoms with Crippen molar-refractivity contribution in [3.8, 4) is 5.75 Å². The Labute approximate surface area is 148 Å². The molecule has 1 heterocycles. The van der Waals surface area contributed by atoms with Crippen LogP contribution in [0.5, 0.6) is 5.75 Å². The molecule has 25 heavy (non-hydrogen) atoms. The molecule has 4 heteroatoms. The highest BCUT2D eigenvalue weighted by molar-refractivity contribution is 5.94. The molecule has 0 aliphatic carbocycles. The van der Waals surface area contributed by atoms with Crippen molar-refractivity contribution in [3.63, 3.8) is 0 Å². The average molecular weight is 337 g/mol. The van der Waals surface area contributed by atoms with Crippen LogP contribution in [0.2, 0.25) is 0 Å².